The molecule has 0 bridgehead atoms. The van der Waals surface area contributed by atoms with Gasteiger partial charge in [-0.2, -0.15) is 0 Å². The van der Waals surface area contributed by atoms with Crippen molar-refractivity contribution in [2.24, 2.45) is 0 Å². The van der Waals surface area contributed by atoms with Crippen LogP contribution in [0.15, 0.2) is 48.5 Å². The minimum Gasteiger partial charge on any atom is -0.491 e. The maximum absolute atomic E-state index is 12.2. The average Bonchev–Trinajstić information content (AvgIpc) is 2.73. The van der Waals surface area contributed by atoms with E-state index < -0.39 is 6.36 Å². The number of benzene rings is 2. The molecule has 0 aliphatic carbocycles. The van der Waals surface area contributed by atoms with E-state index in [0.717, 1.165) is 37.4 Å². The summed E-state index contributed by atoms with van der Waals surface area (Å²) >= 11 is 0. The first-order valence-electron chi connectivity index (χ1n) is 9.85. The Morgan fingerprint density at radius 1 is 0.933 bits per heavy atom. The smallest absolute Gasteiger partial charge is 0.491 e. The molecule has 0 N–H and O–H groups in total. The molecule has 2 aromatic carbocycles. The average molecular weight is 425 g/mol. The lowest BCUT2D eigenvalue weighted by atomic mass is 10.1. The van der Waals surface area contributed by atoms with E-state index in [1.165, 1.54) is 24.3 Å². The lowest BCUT2D eigenvalue weighted by Crippen LogP contribution is -2.38. The second-order valence-corrected chi connectivity index (χ2v) is 7.17. The highest BCUT2D eigenvalue weighted by Gasteiger charge is 2.31. The fourth-order valence-corrected chi connectivity index (χ4v) is 3.18. The second kappa shape index (κ2) is 9.93. The monoisotopic (exact) mass is 425 g/mol. The zero-order valence-corrected chi connectivity index (χ0v) is 17.0. The third kappa shape index (κ3) is 6.73. The van der Waals surface area contributed by atoms with Crippen molar-refractivity contribution < 1.29 is 32.1 Å². The third-order valence-corrected chi connectivity index (χ3v) is 4.89. The van der Waals surface area contributed by atoms with Crippen molar-refractivity contribution in [1.82, 2.24) is 0 Å². The highest BCUT2D eigenvalue weighted by Crippen LogP contribution is 2.28. The molecule has 1 atom stereocenters. The fraction of sp³-hybridized carbons (Fsp3) is 0.455. The van der Waals surface area contributed by atoms with Gasteiger partial charge in [-0.1, -0.05) is 0 Å². The number of halogens is 3. The van der Waals surface area contributed by atoms with Crippen LogP contribution >= 0.6 is 0 Å². The Kier molecular flexibility index (Phi) is 7.31. The summed E-state index contributed by atoms with van der Waals surface area (Å²) < 4.78 is 57.3. The van der Waals surface area contributed by atoms with Crippen molar-refractivity contribution in [1.29, 1.82) is 0 Å². The molecule has 0 spiro atoms. The van der Waals surface area contributed by atoms with Gasteiger partial charge in [0.25, 0.3) is 0 Å². The van der Waals surface area contributed by atoms with E-state index in [9.17, 15) is 13.2 Å². The molecule has 1 aliphatic rings. The molecular weight excluding hydrogens is 399 g/mol. The van der Waals surface area contributed by atoms with E-state index in [0.29, 0.717) is 12.4 Å². The molecule has 5 nitrogen and oxygen atoms in total. The summed E-state index contributed by atoms with van der Waals surface area (Å²) in [6, 6.07) is 13.5. The van der Waals surface area contributed by atoms with Gasteiger partial charge in [-0.15, -0.1) is 13.2 Å². The molecule has 0 aromatic heterocycles. The van der Waals surface area contributed by atoms with E-state index in [1.54, 1.807) is 7.11 Å². The van der Waals surface area contributed by atoms with Crippen molar-refractivity contribution in [2.75, 3.05) is 31.7 Å². The third-order valence-electron chi connectivity index (χ3n) is 4.89. The second-order valence-electron chi connectivity index (χ2n) is 7.17. The number of ether oxygens (including phenoxy) is 4. The topological polar surface area (TPSA) is 40.2 Å². The molecule has 1 heterocycles. The van der Waals surface area contributed by atoms with Crippen molar-refractivity contribution in [2.45, 2.75) is 38.3 Å². The van der Waals surface area contributed by atoms with Crippen molar-refractivity contribution in [3.63, 3.8) is 0 Å². The number of anilines is 1. The molecule has 1 saturated heterocycles. The van der Waals surface area contributed by atoms with E-state index in [2.05, 4.69) is 9.64 Å². The van der Waals surface area contributed by atoms with Gasteiger partial charge >= 0.3 is 6.36 Å². The zero-order chi connectivity index (χ0) is 21.6. The van der Waals surface area contributed by atoms with Crippen LogP contribution < -0.4 is 19.1 Å². The maximum Gasteiger partial charge on any atom is 0.573 e. The summed E-state index contributed by atoms with van der Waals surface area (Å²) in [5, 5.41) is 0. The van der Waals surface area contributed by atoms with Crippen molar-refractivity contribution >= 4 is 5.69 Å². The van der Waals surface area contributed by atoms with Crippen molar-refractivity contribution in [3.05, 3.63) is 48.5 Å². The number of hydrogen-bond donors (Lipinski definition) is 0. The lowest BCUT2D eigenvalue weighted by molar-refractivity contribution is -0.274. The number of rotatable bonds is 8. The van der Waals surface area contributed by atoms with Crippen LogP contribution in [0.3, 0.4) is 0 Å². The predicted molar refractivity (Wildman–Crippen MR) is 107 cm³/mol. The van der Waals surface area contributed by atoms with Crippen LogP contribution in [-0.4, -0.2) is 45.4 Å². The minimum atomic E-state index is -4.69. The molecule has 0 amide bonds. The number of nitrogens with zero attached hydrogens (tertiary/aromatic N) is 1. The van der Waals surface area contributed by atoms with Gasteiger partial charge in [-0.05, 0) is 55.5 Å². The first kappa shape index (κ1) is 22.1. The SMILES string of the molecule is CO[C@@H](C)COc1ccc(N2CCC(Oc3ccc(OC(F)(F)F)cc3)CC2)cc1. The Morgan fingerprint density at radius 3 is 2.07 bits per heavy atom. The first-order chi connectivity index (χ1) is 14.3. The first-order valence-corrected chi connectivity index (χ1v) is 9.85. The molecule has 3 rings (SSSR count). The zero-order valence-electron chi connectivity index (χ0n) is 17.0. The molecule has 2 aromatic rings. The maximum atomic E-state index is 12.2. The molecule has 8 heteroatoms. The van der Waals surface area contributed by atoms with Crippen LogP contribution in [0.25, 0.3) is 0 Å². The lowest BCUT2D eigenvalue weighted by Gasteiger charge is -2.33. The Bertz CT molecular complexity index is 772. The quantitative estimate of drug-likeness (QED) is 0.592. The largest absolute Gasteiger partial charge is 0.573 e. The summed E-state index contributed by atoms with van der Waals surface area (Å²) in [6.45, 7) is 4.12. The number of piperidine rings is 1. The van der Waals surface area contributed by atoms with Gasteiger partial charge in [0.05, 0.1) is 6.10 Å². The molecule has 1 aliphatic heterocycles. The molecular formula is C22H26F3NO4. The van der Waals surface area contributed by atoms with E-state index >= 15 is 0 Å². The van der Waals surface area contributed by atoms with Crippen LogP contribution in [0.2, 0.25) is 0 Å². The molecule has 0 saturated carbocycles. The number of methoxy groups -OCH3 is 1. The number of alkyl halides is 3. The Labute approximate surface area is 174 Å². The highest BCUT2D eigenvalue weighted by atomic mass is 19.4. The van der Waals surface area contributed by atoms with E-state index in [-0.39, 0.29) is 18.0 Å². The van der Waals surface area contributed by atoms with Gasteiger partial charge in [-0.3, -0.25) is 0 Å². The molecule has 0 radical (unpaired) electrons. The standard InChI is InChI=1S/C22H26F3NO4/c1-16(27-2)15-28-18-5-3-17(4-6-18)26-13-11-20(12-14-26)29-19-7-9-21(10-8-19)30-22(23,24)25/h3-10,16,20H,11-15H2,1-2H3/t16-/m0/s1. The van der Waals surface area contributed by atoms with Crippen LogP contribution in [-0.2, 0) is 4.74 Å². The molecule has 1 fully saturated rings. The highest BCUT2D eigenvalue weighted by molar-refractivity contribution is 5.49. The molecule has 30 heavy (non-hydrogen) atoms. The van der Waals surface area contributed by atoms with Crippen LogP contribution in [0.4, 0.5) is 18.9 Å². The molecule has 164 valence electrons. The summed E-state index contributed by atoms with van der Waals surface area (Å²) in [5.74, 6) is 1.09. The Hall–Kier alpha value is -2.61. The van der Waals surface area contributed by atoms with Gasteiger partial charge in [0.2, 0.25) is 0 Å². The Balaban J connectivity index is 1.45. The fourth-order valence-electron chi connectivity index (χ4n) is 3.18. The number of hydrogen-bond acceptors (Lipinski definition) is 5. The van der Waals surface area contributed by atoms with E-state index in [1.807, 2.05) is 31.2 Å². The van der Waals surface area contributed by atoms with Crippen molar-refractivity contribution in [3.8, 4) is 17.2 Å². The van der Waals surface area contributed by atoms with Gasteiger partial charge in [0, 0.05) is 38.7 Å². The van der Waals surface area contributed by atoms with Gasteiger partial charge < -0.3 is 23.8 Å². The van der Waals surface area contributed by atoms with Crippen LogP contribution in [0.5, 0.6) is 17.2 Å². The van der Waals surface area contributed by atoms with Crippen LogP contribution in [0.1, 0.15) is 19.8 Å². The molecule has 0 unspecified atom stereocenters. The predicted octanol–water partition coefficient (Wildman–Crippen LogP) is 5.05. The van der Waals surface area contributed by atoms with Gasteiger partial charge in [0.1, 0.15) is 30.0 Å². The van der Waals surface area contributed by atoms with E-state index in [4.69, 9.17) is 14.2 Å². The summed E-state index contributed by atoms with van der Waals surface area (Å²) in [7, 11) is 1.65. The van der Waals surface area contributed by atoms with Crippen LogP contribution in [0, 0.1) is 0 Å². The Morgan fingerprint density at radius 2 is 1.50 bits per heavy atom. The normalized spacial score (nSPS) is 16.2. The summed E-state index contributed by atoms with van der Waals surface area (Å²) in [4.78, 5) is 2.28. The summed E-state index contributed by atoms with van der Waals surface area (Å²) in [5.41, 5.74) is 1.12. The van der Waals surface area contributed by atoms with Gasteiger partial charge in [0.15, 0.2) is 0 Å². The summed E-state index contributed by atoms with van der Waals surface area (Å²) in [6.07, 6.45) is -2.98. The minimum absolute atomic E-state index is 0.0220. The van der Waals surface area contributed by atoms with Gasteiger partial charge in [-0.25, -0.2) is 0 Å².